The minimum absolute atomic E-state index is 0.374. The van der Waals surface area contributed by atoms with Crippen LogP contribution >= 0.6 is 11.8 Å². The number of nitrogens with one attached hydrogen (secondary N) is 1. The molecule has 0 spiro atoms. The predicted octanol–water partition coefficient (Wildman–Crippen LogP) is 2.72. The van der Waals surface area contributed by atoms with Crippen LogP contribution in [0.2, 0.25) is 0 Å². The van der Waals surface area contributed by atoms with Gasteiger partial charge < -0.3 is 4.74 Å². The Hall–Kier alpha value is -0.650. The van der Waals surface area contributed by atoms with E-state index in [-0.39, 0.29) is 0 Å². The molecule has 0 bridgehead atoms. The minimum Gasteiger partial charge on any atom is -0.382 e. The van der Waals surface area contributed by atoms with Gasteiger partial charge in [0.1, 0.15) is 0 Å². The third-order valence-electron chi connectivity index (χ3n) is 0.475. The fourth-order valence-electron chi connectivity index (χ4n) is 0.284. The van der Waals surface area contributed by atoms with Crippen LogP contribution in [0.4, 0.5) is 13.2 Å². The molecule has 0 aliphatic carbocycles. The van der Waals surface area contributed by atoms with Crippen molar-refractivity contribution in [2.45, 2.75) is 13.3 Å². The van der Waals surface area contributed by atoms with Crippen molar-refractivity contribution >= 4 is 17.0 Å². The largest absolute Gasteiger partial charge is 0.574 e. The molecule has 2 nitrogen and oxygen atoms in total. The van der Waals surface area contributed by atoms with E-state index >= 15 is 0 Å². The number of allylic oxidation sites excluding steroid dienone is 1. The summed E-state index contributed by atoms with van der Waals surface area (Å²) in [5, 5.41) is 5.72. The van der Waals surface area contributed by atoms with Crippen molar-refractivity contribution in [2.75, 3.05) is 0 Å². The molecule has 0 aliphatic rings. The molecule has 0 amide bonds. The molecule has 0 aromatic rings. The zero-order valence-corrected chi connectivity index (χ0v) is 6.47. The van der Waals surface area contributed by atoms with Crippen LogP contribution in [0.5, 0.6) is 0 Å². The molecule has 11 heavy (non-hydrogen) atoms. The van der Waals surface area contributed by atoms with Crippen LogP contribution in [0.1, 0.15) is 6.92 Å². The Morgan fingerprint density at radius 3 is 2.27 bits per heavy atom. The molecule has 0 aromatic carbocycles. The summed E-state index contributed by atoms with van der Waals surface area (Å²) >= 11 is 0.528. The predicted molar refractivity (Wildman–Crippen MR) is 37.3 cm³/mol. The molecule has 6 heteroatoms. The quantitative estimate of drug-likeness (QED) is 0.503. The first-order chi connectivity index (χ1) is 4.81. The Labute approximate surface area is 65.9 Å². The Kier molecular flexibility index (Phi) is 3.44. The molecule has 0 saturated carbocycles. The molecule has 1 N–H and O–H groups in total. The second-order valence-electron chi connectivity index (χ2n) is 1.64. The van der Waals surface area contributed by atoms with Crippen molar-refractivity contribution in [3.8, 4) is 0 Å². The standard InChI is InChI=1S/C5H6F3NOS/c1-3(2)11-4(9)10-5(6,7)8/h9H,1H2,2H3. The first-order valence-corrected chi connectivity index (χ1v) is 3.30. The average Bonchev–Trinajstić information content (AvgIpc) is 1.53. The highest BCUT2D eigenvalue weighted by Gasteiger charge is 2.32. The Balaban J connectivity index is 3.80. The van der Waals surface area contributed by atoms with Gasteiger partial charge in [-0.2, -0.15) is 0 Å². The van der Waals surface area contributed by atoms with Gasteiger partial charge in [-0.15, -0.1) is 13.2 Å². The molecule has 0 rings (SSSR count). The average molecular weight is 185 g/mol. The normalized spacial score (nSPS) is 10.9. The highest BCUT2D eigenvalue weighted by molar-refractivity contribution is 8.16. The third-order valence-corrected chi connectivity index (χ3v) is 1.09. The van der Waals surface area contributed by atoms with Crippen molar-refractivity contribution in [1.82, 2.24) is 0 Å². The Morgan fingerprint density at radius 1 is 1.55 bits per heavy atom. The number of ether oxygens (including phenoxy) is 1. The van der Waals surface area contributed by atoms with Crippen molar-refractivity contribution in [1.29, 1.82) is 5.41 Å². The van der Waals surface area contributed by atoms with E-state index in [0.29, 0.717) is 16.7 Å². The van der Waals surface area contributed by atoms with Gasteiger partial charge >= 0.3 is 6.36 Å². The SMILES string of the molecule is C=C(C)SC(=N)OC(F)(F)F. The molecule has 0 aliphatic heterocycles. The van der Waals surface area contributed by atoms with Crippen LogP contribution in [0.3, 0.4) is 0 Å². The first kappa shape index (κ1) is 10.3. The molecule has 0 saturated heterocycles. The van der Waals surface area contributed by atoms with Gasteiger partial charge in [0.25, 0.3) is 5.23 Å². The molecule has 0 heterocycles. The lowest BCUT2D eigenvalue weighted by atomic mass is 10.8. The van der Waals surface area contributed by atoms with Crippen LogP contribution in [0, 0.1) is 5.41 Å². The highest BCUT2D eigenvalue weighted by Crippen LogP contribution is 2.22. The van der Waals surface area contributed by atoms with Gasteiger partial charge in [0, 0.05) is 0 Å². The number of hydrogen-bond acceptors (Lipinski definition) is 3. The van der Waals surface area contributed by atoms with Gasteiger partial charge in [-0.3, -0.25) is 5.41 Å². The summed E-state index contributed by atoms with van der Waals surface area (Å²) in [6.45, 7) is 4.78. The summed E-state index contributed by atoms with van der Waals surface area (Å²) in [7, 11) is 0. The van der Waals surface area contributed by atoms with E-state index in [1.54, 1.807) is 0 Å². The van der Waals surface area contributed by atoms with Crippen molar-refractivity contribution < 1.29 is 17.9 Å². The third kappa shape index (κ3) is 7.24. The summed E-state index contributed by atoms with van der Waals surface area (Å²) < 4.78 is 37.3. The molecule has 0 unspecified atom stereocenters. The number of thioether (sulfide) groups is 1. The molecule has 64 valence electrons. The first-order valence-electron chi connectivity index (χ1n) is 2.49. The highest BCUT2D eigenvalue weighted by atomic mass is 32.2. The summed E-state index contributed by atoms with van der Waals surface area (Å²) in [5.41, 5.74) is 0. The van der Waals surface area contributed by atoms with E-state index in [4.69, 9.17) is 5.41 Å². The summed E-state index contributed by atoms with van der Waals surface area (Å²) in [6.07, 6.45) is -4.78. The van der Waals surface area contributed by atoms with Crippen LogP contribution in [0.15, 0.2) is 11.5 Å². The van der Waals surface area contributed by atoms with E-state index in [1.807, 2.05) is 0 Å². The van der Waals surface area contributed by atoms with E-state index in [9.17, 15) is 13.2 Å². The lowest BCUT2D eigenvalue weighted by molar-refractivity contribution is -0.281. The van der Waals surface area contributed by atoms with Crippen LogP contribution in [-0.4, -0.2) is 11.6 Å². The van der Waals surface area contributed by atoms with E-state index in [2.05, 4.69) is 11.3 Å². The van der Waals surface area contributed by atoms with Gasteiger partial charge in [-0.05, 0) is 23.6 Å². The van der Waals surface area contributed by atoms with E-state index in [0.717, 1.165) is 0 Å². The molecule has 0 radical (unpaired) electrons. The van der Waals surface area contributed by atoms with Gasteiger partial charge in [-0.1, -0.05) is 6.58 Å². The van der Waals surface area contributed by atoms with Crippen LogP contribution in [0.25, 0.3) is 0 Å². The topological polar surface area (TPSA) is 33.1 Å². The maximum absolute atomic E-state index is 11.4. The summed E-state index contributed by atoms with van der Waals surface area (Å²) in [4.78, 5) is 0.374. The second-order valence-corrected chi connectivity index (χ2v) is 2.91. The number of alkyl halides is 3. The number of rotatable bonds is 1. The summed E-state index contributed by atoms with van der Waals surface area (Å²) in [5.74, 6) is 0. The molecular formula is C5H6F3NOS. The van der Waals surface area contributed by atoms with Crippen molar-refractivity contribution in [3.63, 3.8) is 0 Å². The maximum atomic E-state index is 11.4. The molecule has 0 aromatic heterocycles. The lowest BCUT2D eigenvalue weighted by Crippen LogP contribution is -2.16. The van der Waals surface area contributed by atoms with Crippen LogP contribution < -0.4 is 0 Å². The van der Waals surface area contributed by atoms with Gasteiger partial charge in [0.05, 0.1) is 0 Å². The van der Waals surface area contributed by atoms with Gasteiger partial charge in [0.2, 0.25) is 0 Å². The van der Waals surface area contributed by atoms with Crippen LogP contribution in [-0.2, 0) is 4.74 Å². The number of hydrogen-bond donors (Lipinski definition) is 1. The zero-order chi connectivity index (χ0) is 9.07. The smallest absolute Gasteiger partial charge is 0.382 e. The van der Waals surface area contributed by atoms with Gasteiger partial charge in [0.15, 0.2) is 0 Å². The molecule has 0 atom stereocenters. The Morgan fingerprint density at radius 2 is 2.00 bits per heavy atom. The monoisotopic (exact) mass is 185 g/mol. The van der Waals surface area contributed by atoms with Crippen molar-refractivity contribution in [2.24, 2.45) is 0 Å². The Bertz CT molecular complexity index is 177. The second kappa shape index (κ2) is 3.66. The van der Waals surface area contributed by atoms with Gasteiger partial charge in [-0.25, -0.2) is 0 Å². The number of halogens is 3. The minimum atomic E-state index is -4.78. The van der Waals surface area contributed by atoms with Crippen molar-refractivity contribution in [3.05, 3.63) is 11.5 Å². The van der Waals surface area contributed by atoms with E-state index in [1.165, 1.54) is 6.92 Å². The molecule has 0 fully saturated rings. The zero-order valence-electron chi connectivity index (χ0n) is 5.66. The van der Waals surface area contributed by atoms with E-state index < -0.39 is 11.6 Å². The fraction of sp³-hybridized carbons (Fsp3) is 0.400. The fourth-order valence-corrected chi connectivity index (χ4v) is 0.737. The molecular weight excluding hydrogens is 179 g/mol. The summed E-state index contributed by atoms with van der Waals surface area (Å²) in [6, 6.07) is 0. The maximum Gasteiger partial charge on any atom is 0.574 e. The lowest BCUT2D eigenvalue weighted by Gasteiger charge is -2.07.